The van der Waals surface area contributed by atoms with Gasteiger partial charge in [-0.25, -0.2) is 4.68 Å². The van der Waals surface area contributed by atoms with Gasteiger partial charge in [-0.3, -0.25) is 4.99 Å². The van der Waals surface area contributed by atoms with E-state index in [2.05, 4.69) is 20.7 Å². The van der Waals surface area contributed by atoms with Gasteiger partial charge in [-0.1, -0.05) is 6.07 Å². The molecule has 2 rings (SSSR count). The number of hydrogen-bond donors (Lipinski definition) is 2. The summed E-state index contributed by atoms with van der Waals surface area (Å²) in [5, 5.41) is 10.3. The smallest absolute Gasteiger partial charge is 0.382 e. The SMILES string of the molecule is CCOCCCNC(=NC)NCc1ccc(-n2nc(C)cc2C)cc1C(F)(F)F.I. The Morgan fingerprint density at radius 1 is 1.20 bits per heavy atom. The van der Waals surface area contributed by atoms with Crippen LogP contribution in [-0.2, 0) is 17.5 Å². The lowest BCUT2D eigenvalue weighted by atomic mass is 10.1. The van der Waals surface area contributed by atoms with Gasteiger partial charge in [0.2, 0.25) is 0 Å². The largest absolute Gasteiger partial charge is 0.416 e. The Kier molecular flexibility index (Phi) is 10.6. The van der Waals surface area contributed by atoms with Gasteiger partial charge in [0.25, 0.3) is 0 Å². The van der Waals surface area contributed by atoms with E-state index >= 15 is 0 Å². The molecule has 1 heterocycles. The fourth-order valence-corrected chi connectivity index (χ4v) is 2.93. The van der Waals surface area contributed by atoms with E-state index in [1.165, 1.54) is 10.7 Å². The molecule has 0 radical (unpaired) electrons. The second-order valence-electron chi connectivity index (χ2n) is 6.58. The number of aromatic nitrogens is 2. The lowest BCUT2D eigenvalue weighted by molar-refractivity contribution is -0.138. The molecule has 0 aliphatic carbocycles. The van der Waals surface area contributed by atoms with Crippen LogP contribution in [0.3, 0.4) is 0 Å². The van der Waals surface area contributed by atoms with Crippen LogP contribution in [0.1, 0.15) is 35.9 Å². The van der Waals surface area contributed by atoms with Crippen LogP contribution >= 0.6 is 24.0 Å². The lowest BCUT2D eigenvalue weighted by Crippen LogP contribution is -2.38. The molecule has 0 saturated carbocycles. The van der Waals surface area contributed by atoms with Crippen molar-refractivity contribution in [3.8, 4) is 5.69 Å². The van der Waals surface area contributed by atoms with Gasteiger partial charge in [-0.05, 0) is 51.0 Å². The number of aliphatic imine (C=N–C) groups is 1. The Labute approximate surface area is 192 Å². The van der Waals surface area contributed by atoms with Crippen LogP contribution in [0.5, 0.6) is 0 Å². The maximum absolute atomic E-state index is 13.7. The van der Waals surface area contributed by atoms with Crippen molar-refractivity contribution in [2.45, 2.75) is 39.9 Å². The minimum atomic E-state index is -4.47. The zero-order valence-electron chi connectivity index (χ0n) is 17.6. The van der Waals surface area contributed by atoms with Gasteiger partial charge in [0.15, 0.2) is 5.96 Å². The number of ether oxygens (including phenoxy) is 1. The molecule has 6 nitrogen and oxygen atoms in total. The average Bonchev–Trinajstić information content (AvgIpc) is 3.01. The summed E-state index contributed by atoms with van der Waals surface area (Å²) in [7, 11) is 1.58. The first-order chi connectivity index (χ1) is 13.8. The highest BCUT2D eigenvalue weighted by molar-refractivity contribution is 14.0. The first-order valence-electron chi connectivity index (χ1n) is 9.52. The van der Waals surface area contributed by atoms with E-state index in [0.29, 0.717) is 31.4 Å². The minimum Gasteiger partial charge on any atom is -0.382 e. The van der Waals surface area contributed by atoms with Crippen molar-refractivity contribution in [1.82, 2.24) is 20.4 Å². The highest BCUT2D eigenvalue weighted by Crippen LogP contribution is 2.33. The maximum atomic E-state index is 13.7. The maximum Gasteiger partial charge on any atom is 0.416 e. The molecule has 1 aromatic heterocycles. The summed E-state index contributed by atoms with van der Waals surface area (Å²) in [4.78, 5) is 4.05. The van der Waals surface area contributed by atoms with Crippen LogP contribution < -0.4 is 10.6 Å². The first kappa shape index (κ1) is 26.2. The number of nitrogens with one attached hydrogen (secondary N) is 2. The van der Waals surface area contributed by atoms with Gasteiger partial charge in [-0.15, -0.1) is 24.0 Å². The van der Waals surface area contributed by atoms with Crippen LogP contribution in [0.15, 0.2) is 29.3 Å². The molecular formula is C20H29F3IN5O. The summed E-state index contributed by atoms with van der Waals surface area (Å²) in [6, 6.07) is 6.08. The van der Waals surface area contributed by atoms with E-state index in [0.717, 1.165) is 23.9 Å². The van der Waals surface area contributed by atoms with E-state index in [-0.39, 0.29) is 36.1 Å². The Morgan fingerprint density at radius 3 is 2.50 bits per heavy atom. The number of halogens is 4. The third-order valence-corrected chi connectivity index (χ3v) is 4.28. The molecule has 1 aromatic carbocycles. The average molecular weight is 539 g/mol. The van der Waals surface area contributed by atoms with Crippen LogP contribution in [-0.4, -0.2) is 42.5 Å². The summed E-state index contributed by atoms with van der Waals surface area (Å²) in [6.07, 6.45) is -3.70. The standard InChI is InChI=1S/C20H28F3N5O.HI/c1-5-29-10-6-9-25-19(24-4)26-13-16-7-8-17(12-18(16)20(21,22)23)28-15(3)11-14(2)27-28;/h7-8,11-12H,5-6,9-10,13H2,1-4H3,(H2,24,25,26);1H. The van der Waals surface area contributed by atoms with Crippen molar-refractivity contribution >= 4 is 29.9 Å². The van der Waals surface area contributed by atoms with E-state index < -0.39 is 11.7 Å². The van der Waals surface area contributed by atoms with Gasteiger partial charge >= 0.3 is 6.18 Å². The minimum absolute atomic E-state index is 0. The third kappa shape index (κ3) is 7.46. The second kappa shape index (κ2) is 12.1. The Bertz CT molecular complexity index is 836. The van der Waals surface area contributed by atoms with E-state index in [1.54, 1.807) is 20.0 Å². The van der Waals surface area contributed by atoms with Crippen LogP contribution in [0, 0.1) is 13.8 Å². The molecule has 0 aliphatic heterocycles. The molecule has 0 saturated heterocycles. The van der Waals surface area contributed by atoms with Crippen LogP contribution in [0.2, 0.25) is 0 Å². The zero-order chi connectivity index (χ0) is 21.4. The number of aryl methyl sites for hydroxylation is 2. The number of hydrogen-bond acceptors (Lipinski definition) is 3. The first-order valence-corrected chi connectivity index (χ1v) is 9.52. The van der Waals surface area contributed by atoms with Crippen LogP contribution in [0.25, 0.3) is 5.69 Å². The number of guanidine groups is 1. The third-order valence-electron chi connectivity index (χ3n) is 4.28. The molecule has 0 aliphatic rings. The highest BCUT2D eigenvalue weighted by atomic mass is 127. The molecule has 168 valence electrons. The predicted octanol–water partition coefficient (Wildman–Crippen LogP) is 4.22. The van der Waals surface area contributed by atoms with Gasteiger partial charge in [0.1, 0.15) is 0 Å². The molecule has 0 unspecified atom stereocenters. The van der Waals surface area contributed by atoms with E-state index in [4.69, 9.17) is 4.74 Å². The molecule has 0 atom stereocenters. The number of alkyl halides is 3. The summed E-state index contributed by atoms with van der Waals surface area (Å²) in [5.74, 6) is 0.442. The van der Waals surface area contributed by atoms with Gasteiger partial charge in [-0.2, -0.15) is 18.3 Å². The van der Waals surface area contributed by atoms with Crippen molar-refractivity contribution in [2.24, 2.45) is 4.99 Å². The summed E-state index contributed by atoms with van der Waals surface area (Å²) in [5.41, 5.74) is 1.35. The van der Waals surface area contributed by atoms with E-state index in [1.807, 2.05) is 19.9 Å². The van der Waals surface area contributed by atoms with E-state index in [9.17, 15) is 13.2 Å². The molecule has 0 amide bonds. The molecule has 2 N–H and O–H groups in total. The van der Waals surface area contributed by atoms with Crippen molar-refractivity contribution < 1.29 is 17.9 Å². The summed E-state index contributed by atoms with van der Waals surface area (Å²) in [6.45, 7) is 7.42. The Balaban J connectivity index is 0.00000450. The molecule has 0 bridgehead atoms. The predicted molar refractivity (Wildman–Crippen MR) is 123 cm³/mol. The molecule has 2 aromatic rings. The topological polar surface area (TPSA) is 63.5 Å². The Morgan fingerprint density at radius 2 is 1.93 bits per heavy atom. The van der Waals surface area contributed by atoms with Crippen molar-refractivity contribution in [1.29, 1.82) is 0 Å². The number of rotatable bonds is 8. The zero-order valence-corrected chi connectivity index (χ0v) is 20.0. The highest BCUT2D eigenvalue weighted by Gasteiger charge is 2.33. The van der Waals surface area contributed by atoms with Gasteiger partial charge < -0.3 is 15.4 Å². The summed E-state index contributed by atoms with van der Waals surface area (Å²) < 4.78 is 47.8. The monoisotopic (exact) mass is 539 g/mol. The van der Waals surface area contributed by atoms with Gasteiger partial charge in [0, 0.05) is 39.0 Å². The van der Waals surface area contributed by atoms with Crippen molar-refractivity contribution in [2.75, 3.05) is 26.8 Å². The lowest BCUT2D eigenvalue weighted by Gasteiger charge is -2.17. The van der Waals surface area contributed by atoms with Crippen molar-refractivity contribution in [3.05, 3.63) is 46.8 Å². The molecular weight excluding hydrogens is 510 g/mol. The number of benzene rings is 1. The fraction of sp³-hybridized carbons (Fsp3) is 0.500. The normalized spacial score (nSPS) is 11.9. The molecule has 10 heteroatoms. The molecule has 0 spiro atoms. The Hall–Kier alpha value is -1.82. The summed E-state index contributed by atoms with van der Waals surface area (Å²) >= 11 is 0. The number of nitrogens with zero attached hydrogens (tertiary/aromatic N) is 3. The van der Waals surface area contributed by atoms with Crippen LogP contribution in [0.4, 0.5) is 13.2 Å². The van der Waals surface area contributed by atoms with Crippen molar-refractivity contribution in [3.63, 3.8) is 0 Å². The molecule has 0 fully saturated rings. The quantitative estimate of drug-likeness (QED) is 0.228. The second-order valence-corrected chi connectivity index (χ2v) is 6.58. The molecule has 30 heavy (non-hydrogen) atoms. The fourth-order valence-electron chi connectivity index (χ4n) is 2.93. The van der Waals surface area contributed by atoms with Gasteiger partial charge in [0.05, 0.1) is 16.9 Å².